The first-order chi connectivity index (χ1) is 16.9. The van der Waals surface area contributed by atoms with Gasteiger partial charge in [0, 0.05) is 22.2 Å². The third-order valence-corrected chi connectivity index (χ3v) is 13.2. The van der Waals surface area contributed by atoms with E-state index in [2.05, 4.69) is 39.5 Å². The number of hydrogen-bond donors (Lipinski definition) is 0. The minimum atomic E-state index is -0.652. The lowest BCUT2D eigenvalue weighted by molar-refractivity contribution is -0.176. The molecule has 0 amide bonds. The van der Waals surface area contributed by atoms with Crippen LogP contribution in [0, 0.1) is 56.8 Å². The van der Waals surface area contributed by atoms with Gasteiger partial charge in [-0.25, -0.2) is 4.85 Å². The smallest absolute Gasteiger partial charge is 0.229 e. The zero-order valence-electron chi connectivity index (χ0n) is 24.4. The summed E-state index contributed by atoms with van der Waals surface area (Å²) < 4.78 is 0. The lowest BCUT2D eigenvalue weighted by Gasteiger charge is -2.69. The minimum absolute atomic E-state index is 0.0498. The van der Waals surface area contributed by atoms with E-state index >= 15 is 0 Å². The number of hydrogen-bond acceptors (Lipinski definition) is 3. The van der Waals surface area contributed by atoms with E-state index in [1.165, 1.54) is 0 Å². The Morgan fingerprint density at radius 3 is 2.19 bits per heavy atom. The predicted molar refractivity (Wildman–Crippen MR) is 145 cm³/mol. The average Bonchev–Trinajstić information content (AvgIpc) is 2.79. The van der Waals surface area contributed by atoms with Crippen LogP contribution in [-0.2, 0) is 14.4 Å². The van der Waals surface area contributed by atoms with Gasteiger partial charge >= 0.3 is 0 Å². The summed E-state index contributed by atoms with van der Waals surface area (Å²) in [5, 5.41) is 0. The molecule has 0 radical (unpaired) electrons. The van der Waals surface area contributed by atoms with Crippen LogP contribution < -0.4 is 0 Å². The Morgan fingerprint density at radius 1 is 0.973 bits per heavy atom. The Balaban J connectivity index is 1.74. The Morgan fingerprint density at radius 2 is 1.59 bits per heavy atom. The van der Waals surface area contributed by atoms with Crippen LogP contribution in [0.15, 0.2) is 22.9 Å². The fourth-order valence-electron chi connectivity index (χ4n) is 10.5. The summed E-state index contributed by atoms with van der Waals surface area (Å²) in [6.07, 6.45) is 8.35. The molecule has 0 aromatic heterocycles. The van der Waals surface area contributed by atoms with Crippen molar-refractivity contribution in [3.8, 4) is 0 Å². The molecule has 0 heterocycles. The van der Waals surface area contributed by atoms with Gasteiger partial charge in [-0.05, 0) is 86.0 Å². The maximum absolute atomic E-state index is 14.4. The summed E-state index contributed by atoms with van der Waals surface area (Å²) in [6, 6.07) is 0. The van der Waals surface area contributed by atoms with Gasteiger partial charge in [0.1, 0.15) is 5.78 Å². The molecule has 3 fully saturated rings. The van der Waals surface area contributed by atoms with Gasteiger partial charge < -0.3 is 4.79 Å². The first kappa shape index (κ1) is 26.6. The highest BCUT2D eigenvalue weighted by Crippen LogP contribution is 2.75. The number of carbonyl (C=O) groups excluding carboxylic acids is 3. The molecule has 0 bridgehead atoms. The van der Waals surface area contributed by atoms with Gasteiger partial charge in [0.15, 0.2) is 11.6 Å². The summed E-state index contributed by atoms with van der Waals surface area (Å²) in [5.41, 5.74) is 0.340. The molecule has 4 heteroatoms. The molecule has 0 unspecified atom stereocenters. The van der Waals surface area contributed by atoms with Gasteiger partial charge in [-0.1, -0.05) is 66.5 Å². The topological polar surface area (TPSA) is 55.6 Å². The Kier molecular flexibility index (Phi) is 5.42. The van der Waals surface area contributed by atoms with Crippen LogP contribution >= 0.6 is 0 Å². The summed E-state index contributed by atoms with van der Waals surface area (Å²) in [5.74, 6) is 0.356. The normalized spacial score (nSPS) is 46.1. The van der Waals surface area contributed by atoms with Gasteiger partial charge in [-0.2, -0.15) is 0 Å². The summed E-state index contributed by atoms with van der Waals surface area (Å²) in [7, 11) is 0. The van der Waals surface area contributed by atoms with Crippen molar-refractivity contribution in [3.63, 3.8) is 0 Å². The Bertz CT molecular complexity index is 1230. The number of carbonyl (C=O) groups is 3. The van der Waals surface area contributed by atoms with E-state index < -0.39 is 10.8 Å². The minimum Gasteiger partial charge on any atom is -0.307 e. The molecule has 37 heavy (non-hydrogen) atoms. The first-order valence-corrected chi connectivity index (χ1v) is 14.4. The van der Waals surface area contributed by atoms with Crippen molar-refractivity contribution in [2.45, 2.75) is 107 Å². The molecule has 4 nitrogen and oxygen atoms in total. The van der Waals surface area contributed by atoms with Crippen molar-refractivity contribution in [2.75, 3.05) is 0 Å². The lowest BCUT2D eigenvalue weighted by atomic mass is 9.33. The Labute approximate surface area is 223 Å². The van der Waals surface area contributed by atoms with Gasteiger partial charge in [0.05, 0.1) is 6.57 Å². The molecule has 200 valence electrons. The van der Waals surface area contributed by atoms with Crippen LogP contribution in [0.3, 0.4) is 0 Å². The summed E-state index contributed by atoms with van der Waals surface area (Å²) >= 11 is 0. The molecule has 5 aliphatic rings. The second-order valence-electron chi connectivity index (χ2n) is 15.3. The van der Waals surface area contributed by atoms with Crippen molar-refractivity contribution >= 4 is 17.3 Å². The van der Waals surface area contributed by atoms with Crippen LogP contribution in [0.25, 0.3) is 4.85 Å². The maximum Gasteiger partial charge on any atom is 0.229 e. The van der Waals surface area contributed by atoms with E-state index in [1.54, 1.807) is 6.92 Å². The van der Waals surface area contributed by atoms with Gasteiger partial charge in [-0.15, -0.1) is 0 Å². The number of allylic oxidation sites excluding steroid dienone is 4. The highest BCUT2D eigenvalue weighted by molar-refractivity contribution is 6.04. The van der Waals surface area contributed by atoms with Crippen LogP contribution in [0.5, 0.6) is 0 Å². The highest BCUT2D eigenvalue weighted by Gasteiger charge is 2.71. The second-order valence-corrected chi connectivity index (χ2v) is 15.3. The van der Waals surface area contributed by atoms with Crippen molar-refractivity contribution in [2.24, 2.45) is 50.2 Å². The standard InChI is InChI=1S/C33H45NO3/c1-19-26(34-10)27(37)29(5,6)23-11-12-30(7)24(32(19,23)9)17-22(36)25-21-18-28(3,4)13-15-33(21,20(2)35)16-14-31(25,30)8/h17,21,23,25H,11-16,18H2,1-9H3/t21-,23-,25-,30+,31+,32-,33+/m0/s1. The number of Topliss-reactive ketones (excluding diaryl/α,β-unsaturated/α-hetero) is 2. The van der Waals surface area contributed by atoms with Crippen LogP contribution in [0.4, 0.5) is 0 Å². The highest BCUT2D eigenvalue weighted by atomic mass is 16.1. The zero-order valence-corrected chi connectivity index (χ0v) is 24.4. The van der Waals surface area contributed by atoms with E-state index in [9.17, 15) is 14.4 Å². The van der Waals surface area contributed by atoms with Crippen molar-refractivity contribution in [1.29, 1.82) is 0 Å². The molecule has 0 aromatic rings. The van der Waals surface area contributed by atoms with Gasteiger partial charge in [-0.3, -0.25) is 9.59 Å². The zero-order chi connectivity index (χ0) is 27.6. The number of ketones is 3. The van der Waals surface area contributed by atoms with Crippen LogP contribution in [0.1, 0.15) is 107 Å². The third-order valence-electron chi connectivity index (χ3n) is 13.2. The molecular formula is C33H45NO3. The summed E-state index contributed by atoms with van der Waals surface area (Å²) in [4.78, 5) is 44.9. The fraction of sp³-hybridized carbons (Fsp3) is 0.758. The third kappa shape index (κ3) is 2.98. The van der Waals surface area contributed by atoms with Crippen molar-refractivity contribution < 1.29 is 14.4 Å². The van der Waals surface area contributed by atoms with E-state index in [0.29, 0.717) is 0 Å². The van der Waals surface area contributed by atoms with E-state index in [0.717, 1.165) is 56.1 Å². The molecule has 0 aromatic carbocycles. The van der Waals surface area contributed by atoms with E-state index in [1.807, 2.05) is 26.8 Å². The molecule has 0 aliphatic heterocycles. The molecule has 7 atom stereocenters. The number of fused-ring (bicyclic) bond motifs is 7. The molecule has 5 aliphatic carbocycles. The quantitative estimate of drug-likeness (QED) is 0.347. The van der Waals surface area contributed by atoms with E-state index in [-0.39, 0.29) is 62.5 Å². The van der Waals surface area contributed by atoms with Crippen molar-refractivity contribution in [3.05, 3.63) is 34.3 Å². The molecule has 0 spiro atoms. The van der Waals surface area contributed by atoms with Gasteiger partial charge in [0.25, 0.3) is 0 Å². The molecule has 0 N–H and O–H groups in total. The summed E-state index contributed by atoms with van der Waals surface area (Å²) in [6.45, 7) is 27.1. The van der Waals surface area contributed by atoms with E-state index in [4.69, 9.17) is 6.57 Å². The average molecular weight is 504 g/mol. The largest absolute Gasteiger partial charge is 0.307 e. The fourth-order valence-corrected chi connectivity index (χ4v) is 10.5. The number of nitrogens with zero attached hydrogens (tertiary/aromatic N) is 1. The molecule has 3 saturated carbocycles. The van der Waals surface area contributed by atoms with Crippen molar-refractivity contribution in [1.82, 2.24) is 0 Å². The van der Waals surface area contributed by atoms with Gasteiger partial charge in [0.2, 0.25) is 5.70 Å². The molecular weight excluding hydrogens is 458 g/mol. The predicted octanol–water partition coefficient (Wildman–Crippen LogP) is 7.54. The Hall–Kier alpha value is -2.02. The van der Waals surface area contributed by atoms with Crippen LogP contribution in [-0.4, -0.2) is 17.3 Å². The molecule has 5 rings (SSSR count). The molecule has 0 saturated heterocycles. The lowest BCUT2D eigenvalue weighted by Crippen LogP contribution is -2.66. The maximum atomic E-state index is 14.4. The second kappa shape index (κ2) is 7.55. The monoisotopic (exact) mass is 503 g/mol. The SMILES string of the molecule is [C-]#[N+]C1=C(C)[C@]2(C)C3=CC(=O)[C@@H]4[C@@H]5CC(C)(C)CC[C@]5(C(C)=O)CC[C@@]4(C)[C@]3(C)CC[C@H]2C(C)(C)C1=O. The number of rotatable bonds is 1. The van der Waals surface area contributed by atoms with Crippen LogP contribution in [0.2, 0.25) is 0 Å². The first-order valence-electron chi connectivity index (χ1n) is 14.4.